The van der Waals surface area contributed by atoms with Gasteiger partial charge in [-0.1, -0.05) is 35.9 Å². The van der Waals surface area contributed by atoms with Crippen molar-refractivity contribution in [2.45, 2.75) is 99.9 Å². The van der Waals surface area contributed by atoms with Crippen LogP contribution in [0.4, 0.5) is 8.78 Å². The average molecular weight is 680 g/mol. The lowest BCUT2D eigenvalue weighted by Gasteiger charge is -2.26. The van der Waals surface area contributed by atoms with Gasteiger partial charge >= 0.3 is 0 Å². The minimum Gasteiger partial charge on any atom is -0.393 e. The van der Waals surface area contributed by atoms with Crippen LogP contribution in [0.5, 0.6) is 0 Å². The molecule has 0 amide bonds. The van der Waals surface area contributed by atoms with Gasteiger partial charge in [-0.2, -0.15) is 0 Å². The van der Waals surface area contributed by atoms with Gasteiger partial charge in [-0.05, 0) is 39.8 Å². The van der Waals surface area contributed by atoms with Crippen molar-refractivity contribution in [1.29, 1.82) is 0 Å². The van der Waals surface area contributed by atoms with E-state index in [1.165, 1.54) is 18.7 Å². The standard InChI is InChI=1S/C16H17ClFN3O2.C15H17ClFN3O3/c1-4-16(18)7-10(11-12(16)23-15(2,3)22-11)21-6-5-9-13(17)19-8-20-14(9)21;1-14(2)22-10-9(5-15(17,6-21)11(10)23-14)20-4-3-8-12(16)18-7-19-13(8)20/h4-6,8,10-12H,1,7H2,2-3H3;3-4,7,9-11,21H,5-6H2,1-2H3/t10-,11+,12+,16-;9-,10+,11+,15+/m11/s1. The molecule has 4 fully saturated rings. The summed E-state index contributed by atoms with van der Waals surface area (Å²) in [6.07, 6.45) is 5.61. The van der Waals surface area contributed by atoms with Gasteiger partial charge in [0, 0.05) is 25.2 Å². The monoisotopic (exact) mass is 678 g/mol. The van der Waals surface area contributed by atoms with E-state index in [0.29, 0.717) is 27.0 Å². The van der Waals surface area contributed by atoms with Crippen LogP contribution in [0.3, 0.4) is 0 Å². The fourth-order valence-corrected chi connectivity index (χ4v) is 7.71. The number of alkyl halides is 2. The molecule has 0 bridgehead atoms. The number of hydrogen-bond donors (Lipinski definition) is 1. The zero-order chi connectivity index (χ0) is 32.8. The third kappa shape index (κ3) is 5.02. The van der Waals surface area contributed by atoms with E-state index in [9.17, 15) is 5.11 Å². The van der Waals surface area contributed by atoms with Gasteiger partial charge in [0.25, 0.3) is 0 Å². The van der Waals surface area contributed by atoms with Crippen LogP contribution in [0.15, 0.2) is 49.8 Å². The molecule has 246 valence electrons. The minimum atomic E-state index is -1.85. The van der Waals surface area contributed by atoms with Crippen molar-refractivity contribution in [3.05, 3.63) is 60.1 Å². The highest BCUT2D eigenvalue weighted by atomic mass is 35.5. The van der Waals surface area contributed by atoms with Gasteiger partial charge in [0.2, 0.25) is 0 Å². The largest absolute Gasteiger partial charge is 0.393 e. The van der Waals surface area contributed by atoms with Crippen LogP contribution in [0, 0.1) is 0 Å². The second kappa shape index (κ2) is 10.9. The zero-order valence-electron chi connectivity index (χ0n) is 25.6. The summed E-state index contributed by atoms with van der Waals surface area (Å²) >= 11 is 12.2. The molecule has 2 aliphatic heterocycles. The summed E-state index contributed by atoms with van der Waals surface area (Å²) in [7, 11) is 0. The summed E-state index contributed by atoms with van der Waals surface area (Å²) in [5, 5.41) is 11.7. The number of hydrogen-bond acceptors (Lipinski definition) is 9. The van der Waals surface area contributed by atoms with Crippen molar-refractivity contribution in [3.8, 4) is 0 Å². The number of aliphatic hydroxyl groups is 1. The van der Waals surface area contributed by atoms with Crippen molar-refractivity contribution in [2.24, 2.45) is 0 Å². The Morgan fingerprint density at radius 1 is 0.826 bits per heavy atom. The van der Waals surface area contributed by atoms with E-state index in [0.717, 1.165) is 5.39 Å². The maximum atomic E-state index is 15.3. The molecule has 2 saturated heterocycles. The first-order valence-corrected chi connectivity index (χ1v) is 15.7. The van der Waals surface area contributed by atoms with E-state index in [2.05, 4.69) is 26.5 Å². The number of ether oxygens (including phenoxy) is 4. The molecule has 46 heavy (non-hydrogen) atoms. The number of nitrogens with zero attached hydrogens (tertiary/aromatic N) is 6. The van der Waals surface area contributed by atoms with Crippen LogP contribution in [0.1, 0.15) is 52.6 Å². The summed E-state index contributed by atoms with van der Waals surface area (Å²) in [4.78, 5) is 16.5. The maximum Gasteiger partial charge on any atom is 0.164 e. The van der Waals surface area contributed by atoms with Gasteiger partial charge in [-0.3, -0.25) is 0 Å². The van der Waals surface area contributed by atoms with E-state index in [1.54, 1.807) is 40.0 Å². The van der Waals surface area contributed by atoms with Crippen molar-refractivity contribution in [2.75, 3.05) is 6.61 Å². The van der Waals surface area contributed by atoms with Gasteiger partial charge in [-0.15, -0.1) is 0 Å². The quantitative estimate of drug-likeness (QED) is 0.214. The van der Waals surface area contributed by atoms with Crippen molar-refractivity contribution in [1.82, 2.24) is 29.1 Å². The summed E-state index contributed by atoms with van der Waals surface area (Å²) in [6.45, 7) is 10.1. The minimum absolute atomic E-state index is 0.0836. The lowest BCUT2D eigenvalue weighted by atomic mass is 10.0. The molecule has 4 aromatic rings. The highest BCUT2D eigenvalue weighted by Gasteiger charge is 2.63. The summed E-state index contributed by atoms with van der Waals surface area (Å²) in [6, 6.07) is 3.03. The van der Waals surface area contributed by atoms with Crippen molar-refractivity contribution < 1.29 is 32.8 Å². The van der Waals surface area contributed by atoms with Gasteiger partial charge < -0.3 is 33.2 Å². The van der Waals surface area contributed by atoms with E-state index in [-0.39, 0.29) is 24.9 Å². The van der Waals surface area contributed by atoms with E-state index < -0.39 is 53.9 Å². The molecule has 0 aromatic carbocycles. The second-order valence-corrected chi connectivity index (χ2v) is 13.9. The molecule has 0 spiro atoms. The highest BCUT2D eigenvalue weighted by Crippen LogP contribution is 2.53. The van der Waals surface area contributed by atoms with Crippen LogP contribution in [-0.4, -0.2) is 88.1 Å². The van der Waals surface area contributed by atoms with Crippen LogP contribution in [0.2, 0.25) is 10.3 Å². The average Bonchev–Trinajstić information content (AvgIpc) is 3.83. The Morgan fingerprint density at radius 2 is 1.30 bits per heavy atom. The Labute approximate surface area is 273 Å². The maximum absolute atomic E-state index is 15.3. The molecule has 0 radical (unpaired) electrons. The van der Waals surface area contributed by atoms with Crippen LogP contribution in [0.25, 0.3) is 22.1 Å². The first-order valence-electron chi connectivity index (χ1n) is 15.0. The van der Waals surface area contributed by atoms with Gasteiger partial charge in [0.05, 0.1) is 29.5 Å². The van der Waals surface area contributed by atoms with Gasteiger partial charge in [-0.25, -0.2) is 28.7 Å². The molecule has 4 aromatic heterocycles. The fraction of sp³-hybridized carbons (Fsp3) is 0.548. The Hall–Kier alpha value is -2.78. The Bertz CT molecular complexity index is 1820. The van der Waals surface area contributed by atoms with Crippen molar-refractivity contribution in [3.63, 3.8) is 0 Å². The number of rotatable bonds is 4. The Kier molecular flexibility index (Phi) is 7.52. The van der Waals surface area contributed by atoms with Crippen molar-refractivity contribution >= 4 is 45.3 Å². The fourth-order valence-electron chi connectivity index (χ4n) is 7.33. The van der Waals surface area contributed by atoms with E-state index >= 15 is 8.78 Å². The molecule has 11 nitrogen and oxygen atoms in total. The lowest BCUT2D eigenvalue weighted by Crippen LogP contribution is -2.41. The molecule has 2 saturated carbocycles. The highest BCUT2D eigenvalue weighted by molar-refractivity contribution is 6.34. The molecule has 6 heterocycles. The number of halogens is 4. The number of aromatic nitrogens is 6. The van der Waals surface area contributed by atoms with E-state index in [1.807, 2.05) is 21.4 Å². The first kappa shape index (κ1) is 31.8. The zero-order valence-corrected chi connectivity index (χ0v) is 27.1. The molecule has 0 unspecified atom stereocenters. The molecule has 8 atom stereocenters. The molecule has 1 N–H and O–H groups in total. The predicted molar refractivity (Wildman–Crippen MR) is 165 cm³/mol. The number of fused-ring (bicyclic) bond motifs is 4. The van der Waals surface area contributed by atoms with Crippen LogP contribution < -0.4 is 0 Å². The molecule has 8 rings (SSSR count). The summed E-state index contributed by atoms with van der Waals surface area (Å²) < 4.78 is 57.5. The number of aliphatic hydroxyl groups excluding tert-OH is 1. The normalized spacial score (nSPS) is 35.7. The van der Waals surface area contributed by atoms with Gasteiger partial charge in [0.15, 0.2) is 22.9 Å². The molecule has 2 aliphatic carbocycles. The third-order valence-electron chi connectivity index (χ3n) is 9.31. The van der Waals surface area contributed by atoms with Crippen LogP contribution in [-0.2, 0) is 18.9 Å². The smallest absolute Gasteiger partial charge is 0.164 e. The SMILES string of the molecule is C=C[C@@]1(F)C[C@@H](n2ccc3c(Cl)ncnc32)[C@@H]2OC(C)(C)O[C@@H]21.CC1(C)O[C@H]2[C@H](n3ccc4c(Cl)ncnc43)C[C@](F)(CO)[C@H]2O1. The second-order valence-electron chi connectivity index (χ2n) is 13.2. The predicted octanol–water partition coefficient (Wildman–Crippen LogP) is 5.69. The lowest BCUT2D eigenvalue weighted by molar-refractivity contribution is -0.174. The molecular weight excluding hydrogens is 645 g/mol. The first-order chi connectivity index (χ1) is 21.7. The Balaban J connectivity index is 0.000000147. The van der Waals surface area contributed by atoms with Gasteiger partial charge in [0.1, 0.15) is 58.7 Å². The summed E-state index contributed by atoms with van der Waals surface area (Å²) in [5.74, 6) is -1.72. The van der Waals surface area contributed by atoms with E-state index in [4.69, 9.17) is 42.1 Å². The summed E-state index contributed by atoms with van der Waals surface area (Å²) in [5.41, 5.74) is -2.22. The molecular formula is C31H34Cl2F2N6O5. The topological polar surface area (TPSA) is 119 Å². The third-order valence-corrected chi connectivity index (χ3v) is 9.91. The Morgan fingerprint density at radius 3 is 1.80 bits per heavy atom. The molecule has 4 aliphatic rings. The van der Waals surface area contributed by atoms with Crippen LogP contribution >= 0.6 is 23.2 Å². The molecule has 15 heteroatoms.